The number of hydrogen-bond donors (Lipinski definition) is 1. The molecular weight excluding hydrogens is 250 g/mol. The Bertz CT molecular complexity index is 443. The highest BCUT2D eigenvalue weighted by Crippen LogP contribution is 2.48. The predicted molar refractivity (Wildman–Crippen MR) is 70.3 cm³/mol. The molecule has 0 saturated carbocycles. The Kier molecular flexibility index (Phi) is 3.40. The Balaban J connectivity index is 2.24. The number of hydrogen-bond acceptors (Lipinski definition) is 3. The maximum atomic E-state index is 12.3. The van der Waals surface area contributed by atoms with Gasteiger partial charge in [0.05, 0.1) is 0 Å². The molecule has 1 aromatic carbocycles. The maximum absolute atomic E-state index is 12.3. The molecule has 1 saturated heterocycles. The van der Waals surface area contributed by atoms with Crippen LogP contribution in [0.3, 0.4) is 0 Å². The van der Waals surface area contributed by atoms with Crippen molar-refractivity contribution in [1.29, 1.82) is 0 Å². The number of carboxylic acid groups (broad SMARTS) is 1. The zero-order valence-corrected chi connectivity index (χ0v) is 11.5. The topological polar surface area (TPSA) is 63.4 Å². The number of nitrogens with zero attached hydrogens (tertiary/aromatic N) is 1. The second-order valence-corrected chi connectivity index (χ2v) is 7.50. The molecule has 98 valence electrons. The summed E-state index contributed by atoms with van der Waals surface area (Å²) in [4.78, 5) is 11.2. The third-order valence-corrected chi connectivity index (χ3v) is 4.75. The Labute approximate surface area is 110 Å². The highest BCUT2D eigenvalue weighted by molar-refractivity contribution is 7.90. The van der Waals surface area contributed by atoms with Crippen LogP contribution < -0.4 is 0 Å². The first kappa shape index (κ1) is 13.4. The molecule has 0 aromatic heterocycles. The van der Waals surface area contributed by atoms with Gasteiger partial charge in [-0.15, -0.1) is 4.31 Å². The van der Waals surface area contributed by atoms with Gasteiger partial charge in [0.2, 0.25) is 0 Å². The summed E-state index contributed by atoms with van der Waals surface area (Å²) >= 11 is -1.31. The molecule has 18 heavy (non-hydrogen) atoms. The van der Waals surface area contributed by atoms with Gasteiger partial charge in [0, 0.05) is 11.4 Å². The molecule has 2 unspecified atom stereocenters. The molecular formula is C13H17NO3S. The Morgan fingerprint density at radius 2 is 1.89 bits per heavy atom. The molecule has 4 nitrogen and oxygen atoms in total. The van der Waals surface area contributed by atoms with Crippen LogP contribution in [0.4, 0.5) is 0 Å². The first-order chi connectivity index (χ1) is 8.34. The number of rotatable bonds is 3. The van der Waals surface area contributed by atoms with Crippen LogP contribution in [0.5, 0.6) is 0 Å². The molecule has 1 N–H and O–H groups in total. The molecule has 0 amide bonds. The third-order valence-electron chi connectivity index (χ3n) is 2.87. The average molecular weight is 267 g/mol. The van der Waals surface area contributed by atoms with Crippen molar-refractivity contribution in [2.24, 2.45) is 0 Å². The lowest BCUT2D eigenvalue weighted by Gasteiger charge is -2.24. The van der Waals surface area contributed by atoms with E-state index in [0.717, 1.165) is 5.56 Å². The van der Waals surface area contributed by atoms with E-state index in [1.54, 1.807) is 4.31 Å². The van der Waals surface area contributed by atoms with Crippen LogP contribution in [0.25, 0.3) is 0 Å². The smallest absolute Gasteiger partial charge is 0.327 e. The predicted octanol–water partition coefficient (Wildman–Crippen LogP) is 1.96. The molecule has 1 aliphatic rings. The van der Waals surface area contributed by atoms with Crippen molar-refractivity contribution < 1.29 is 14.5 Å². The lowest BCUT2D eigenvalue weighted by Crippen LogP contribution is -2.35. The minimum Gasteiger partial charge on any atom is -0.597 e. The van der Waals surface area contributed by atoms with Crippen molar-refractivity contribution in [2.45, 2.75) is 37.6 Å². The van der Waals surface area contributed by atoms with E-state index >= 15 is 0 Å². The maximum Gasteiger partial charge on any atom is 0.327 e. The third kappa shape index (κ3) is 2.39. The summed E-state index contributed by atoms with van der Waals surface area (Å²) < 4.78 is 13.4. The van der Waals surface area contributed by atoms with Crippen molar-refractivity contribution in [3.05, 3.63) is 35.9 Å². The van der Waals surface area contributed by atoms with E-state index < -0.39 is 28.1 Å². The van der Waals surface area contributed by atoms with E-state index in [4.69, 9.17) is 0 Å². The van der Waals surface area contributed by atoms with Crippen LogP contribution in [0.15, 0.2) is 30.3 Å². The minimum atomic E-state index is -1.31. The summed E-state index contributed by atoms with van der Waals surface area (Å²) in [6.45, 7) is 5.55. The van der Waals surface area contributed by atoms with Gasteiger partial charge in [0.25, 0.3) is 0 Å². The standard InChI is InChI=1S/C13H17NO3S/c1-13(2,3)18(17)14-10(11(14)12(15)16)9-7-5-4-6-8-9/h4-8,10-11H,1-3H3,(H,15,16)/t10-,11-,14?,18?/m1/s1. The van der Waals surface area contributed by atoms with Gasteiger partial charge in [-0.05, 0) is 26.3 Å². The molecule has 0 radical (unpaired) electrons. The van der Waals surface area contributed by atoms with Gasteiger partial charge in [-0.2, -0.15) is 0 Å². The van der Waals surface area contributed by atoms with Crippen LogP contribution in [0.1, 0.15) is 32.4 Å². The van der Waals surface area contributed by atoms with Crippen molar-refractivity contribution >= 4 is 17.3 Å². The van der Waals surface area contributed by atoms with Gasteiger partial charge >= 0.3 is 5.97 Å². The summed E-state index contributed by atoms with van der Waals surface area (Å²) in [7, 11) is 0. The van der Waals surface area contributed by atoms with Crippen molar-refractivity contribution in [3.63, 3.8) is 0 Å². The molecule has 4 atom stereocenters. The van der Waals surface area contributed by atoms with Gasteiger partial charge in [-0.3, -0.25) is 4.79 Å². The summed E-state index contributed by atoms with van der Waals surface area (Å²) in [5.74, 6) is -0.915. The lowest BCUT2D eigenvalue weighted by molar-refractivity contribution is -0.137. The Morgan fingerprint density at radius 3 is 2.33 bits per heavy atom. The van der Waals surface area contributed by atoms with Gasteiger partial charge < -0.3 is 9.66 Å². The number of benzene rings is 1. The normalized spacial score (nSPS) is 28.8. The second-order valence-electron chi connectivity index (χ2n) is 5.36. The lowest BCUT2D eigenvalue weighted by atomic mass is 10.1. The highest BCUT2D eigenvalue weighted by atomic mass is 32.2. The van der Waals surface area contributed by atoms with Gasteiger partial charge in [0.15, 0.2) is 6.04 Å². The summed E-state index contributed by atoms with van der Waals surface area (Å²) in [5, 5.41) is 9.19. The number of carbonyl (C=O) groups is 1. The van der Waals surface area contributed by atoms with Gasteiger partial charge in [-0.1, -0.05) is 30.3 Å². The summed E-state index contributed by atoms with van der Waals surface area (Å²) in [6, 6.07) is 8.42. The number of aliphatic carboxylic acids is 1. The molecule has 0 bridgehead atoms. The molecule has 2 rings (SSSR count). The van der Waals surface area contributed by atoms with Gasteiger partial charge in [0.1, 0.15) is 10.8 Å². The van der Waals surface area contributed by atoms with E-state index in [1.807, 2.05) is 51.1 Å². The van der Waals surface area contributed by atoms with Crippen LogP contribution in [-0.2, 0) is 16.2 Å². The summed E-state index contributed by atoms with van der Waals surface area (Å²) in [6.07, 6.45) is 0. The zero-order chi connectivity index (χ0) is 13.5. The molecule has 1 aliphatic heterocycles. The molecule has 0 aliphatic carbocycles. The molecule has 1 heterocycles. The molecule has 0 spiro atoms. The van der Waals surface area contributed by atoms with Crippen LogP contribution >= 0.6 is 0 Å². The van der Waals surface area contributed by atoms with E-state index in [-0.39, 0.29) is 6.04 Å². The van der Waals surface area contributed by atoms with E-state index in [9.17, 15) is 14.5 Å². The van der Waals surface area contributed by atoms with Crippen molar-refractivity contribution in [1.82, 2.24) is 4.31 Å². The van der Waals surface area contributed by atoms with Crippen LogP contribution in [0.2, 0.25) is 0 Å². The average Bonchev–Trinajstić information content (AvgIpc) is 3.03. The first-order valence-corrected chi connectivity index (χ1v) is 6.93. The summed E-state index contributed by atoms with van der Waals surface area (Å²) in [5.41, 5.74) is 0.905. The SMILES string of the molecule is CC(C)(C)[S+]([O-])N1[C@H](c2ccccc2)[C@@H]1C(=O)O. The van der Waals surface area contributed by atoms with Crippen molar-refractivity contribution in [3.8, 4) is 0 Å². The van der Waals surface area contributed by atoms with Gasteiger partial charge in [-0.25, -0.2) is 0 Å². The van der Waals surface area contributed by atoms with E-state index in [1.165, 1.54) is 0 Å². The number of carboxylic acids is 1. The van der Waals surface area contributed by atoms with Crippen LogP contribution in [-0.4, -0.2) is 30.7 Å². The fourth-order valence-electron chi connectivity index (χ4n) is 1.96. The zero-order valence-electron chi connectivity index (χ0n) is 10.7. The fourth-order valence-corrected chi connectivity index (χ4v) is 3.39. The second kappa shape index (κ2) is 4.57. The Morgan fingerprint density at radius 1 is 1.33 bits per heavy atom. The molecule has 1 aromatic rings. The van der Waals surface area contributed by atoms with E-state index in [0.29, 0.717) is 0 Å². The quantitative estimate of drug-likeness (QED) is 0.671. The molecule has 5 heteroatoms. The fraction of sp³-hybridized carbons (Fsp3) is 0.462. The van der Waals surface area contributed by atoms with Crippen molar-refractivity contribution in [2.75, 3.05) is 0 Å². The molecule has 1 fully saturated rings. The van der Waals surface area contributed by atoms with E-state index in [2.05, 4.69) is 0 Å². The largest absolute Gasteiger partial charge is 0.597 e. The highest BCUT2D eigenvalue weighted by Gasteiger charge is 2.63. The first-order valence-electron chi connectivity index (χ1n) is 5.82. The minimum absolute atomic E-state index is 0.274. The Hall–Kier alpha value is -1.04. The monoisotopic (exact) mass is 267 g/mol. The van der Waals surface area contributed by atoms with Crippen LogP contribution in [0, 0.1) is 0 Å².